The lowest BCUT2D eigenvalue weighted by Crippen LogP contribution is -2.49. The van der Waals surface area contributed by atoms with E-state index in [0.29, 0.717) is 0 Å². The van der Waals surface area contributed by atoms with Crippen LogP contribution in [-0.4, -0.2) is 49.0 Å². The van der Waals surface area contributed by atoms with E-state index in [-0.39, 0.29) is 11.9 Å². The second-order valence-corrected chi connectivity index (χ2v) is 7.64. The molecular formula is C25H24N2O2. The Hall–Kier alpha value is -3.11. The second-order valence-electron chi connectivity index (χ2n) is 7.64. The van der Waals surface area contributed by atoms with Crippen LogP contribution in [0.25, 0.3) is 11.1 Å². The first-order valence-corrected chi connectivity index (χ1v) is 10.1. The summed E-state index contributed by atoms with van der Waals surface area (Å²) in [6, 6.07) is 24.8. The highest BCUT2D eigenvalue weighted by atomic mass is 16.5. The van der Waals surface area contributed by atoms with Crippen LogP contribution in [0.1, 0.15) is 27.5 Å². The van der Waals surface area contributed by atoms with Crippen molar-refractivity contribution in [3.05, 3.63) is 89.5 Å². The van der Waals surface area contributed by atoms with Gasteiger partial charge in [0.05, 0.1) is 13.2 Å². The van der Waals surface area contributed by atoms with Crippen molar-refractivity contribution in [3.8, 4) is 16.9 Å². The number of fused-ring (bicyclic) bond motifs is 3. The largest absolute Gasteiger partial charge is 0.497 e. The van der Waals surface area contributed by atoms with Crippen LogP contribution in [0.4, 0.5) is 0 Å². The van der Waals surface area contributed by atoms with Crippen molar-refractivity contribution < 1.29 is 9.53 Å². The maximum Gasteiger partial charge on any atom is 0.253 e. The minimum absolute atomic E-state index is 0.127. The van der Waals surface area contributed by atoms with Crippen LogP contribution in [0.15, 0.2) is 72.8 Å². The summed E-state index contributed by atoms with van der Waals surface area (Å²) in [6.45, 7) is 3.22. The summed E-state index contributed by atoms with van der Waals surface area (Å²) in [7, 11) is 1.71. The third-order valence-electron chi connectivity index (χ3n) is 6.09. The van der Waals surface area contributed by atoms with E-state index >= 15 is 0 Å². The molecule has 1 atom stereocenters. The molecule has 2 aliphatic rings. The van der Waals surface area contributed by atoms with E-state index in [1.54, 1.807) is 7.11 Å². The van der Waals surface area contributed by atoms with Crippen LogP contribution >= 0.6 is 0 Å². The molecule has 1 aliphatic heterocycles. The first-order valence-electron chi connectivity index (χ1n) is 10.1. The van der Waals surface area contributed by atoms with Gasteiger partial charge in [0.15, 0.2) is 0 Å². The second kappa shape index (κ2) is 7.37. The molecule has 3 aromatic carbocycles. The number of benzene rings is 3. The fourth-order valence-corrected chi connectivity index (χ4v) is 4.62. The van der Waals surface area contributed by atoms with Gasteiger partial charge >= 0.3 is 0 Å². The number of carbonyl (C=O) groups is 1. The van der Waals surface area contributed by atoms with Crippen molar-refractivity contribution in [1.82, 2.24) is 9.80 Å². The van der Waals surface area contributed by atoms with Gasteiger partial charge in [0, 0.05) is 31.7 Å². The molecule has 1 unspecified atom stereocenters. The number of ether oxygens (including phenoxy) is 1. The molecule has 1 saturated heterocycles. The standard InChI is InChI=1S/C25H24N2O2/c1-29-19-11-12-22-23(17-19)20-9-5-6-10-21(20)24(22)26-13-15-27(16-14-26)25(28)18-7-3-2-4-8-18/h2-12,17,24H,13-16H2,1H3. The molecule has 3 aromatic rings. The zero-order valence-electron chi connectivity index (χ0n) is 16.5. The lowest BCUT2D eigenvalue weighted by Gasteiger charge is -2.38. The van der Waals surface area contributed by atoms with Gasteiger partial charge in [-0.1, -0.05) is 48.5 Å². The Morgan fingerprint density at radius 3 is 2.28 bits per heavy atom. The van der Waals surface area contributed by atoms with Crippen LogP contribution in [-0.2, 0) is 0 Å². The van der Waals surface area contributed by atoms with Crippen molar-refractivity contribution in [3.63, 3.8) is 0 Å². The topological polar surface area (TPSA) is 32.8 Å². The van der Waals surface area contributed by atoms with Gasteiger partial charge in [-0.2, -0.15) is 0 Å². The summed E-state index contributed by atoms with van der Waals surface area (Å²) in [4.78, 5) is 17.3. The van der Waals surface area contributed by atoms with Gasteiger partial charge in [0.2, 0.25) is 0 Å². The van der Waals surface area contributed by atoms with E-state index in [9.17, 15) is 4.79 Å². The molecule has 4 nitrogen and oxygen atoms in total. The number of nitrogens with zero attached hydrogens (tertiary/aromatic N) is 2. The molecule has 0 bridgehead atoms. The Bertz CT molecular complexity index is 1040. The normalized spacial score (nSPS) is 18.2. The van der Waals surface area contributed by atoms with Gasteiger partial charge in [-0.05, 0) is 46.5 Å². The van der Waals surface area contributed by atoms with Crippen LogP contribution < -0.4 is 4.74 Å². The van der Waals surface area contributed by atoms with E-state index in [1.165, 1.54) is 22.3 Å². The minimum Gasteiger partial charge on any atom is -0.497 e. The lowest BCUT2D eigenvalue weighted by molar-refractivity contribution is 0.0600. The van der Waals surface area contributed by atoms with E-state index in [0.717, 1.165) is 37.5 Å². The molecule has 1 aliphatic carbocycles. The lowest BCUT2D eigenvalue weighted by atomic mass is 10.0. The Morgan fingerprint density at radius 2 is 1.52 bits per heavy atom. The highest BCUT2D eigenvalue weighted by Crippen LogP contribution is 2.47. The van der Waals surface area contributed by atoms with Crippen LogP contribution in [0.3, 0.4) is 0 Å². The van der Waals surface area contributed by atoms with Crippen molar-refractivity contribution >= 4 is 5.91 Å². The molecule has 1 heterocycles. The third-order valence-corrected chi connectivity index (χ3v) is 6.09. The summed E-state index contributed by atoms with van der Waals surface area (Å²) < 4.78 is 5.46. The zero-order valence-corrected chi connectivity index (χ0v) is 16.5. The Labute approximate surface area is 171 Å². The molecule has 0 aromatic heterocycles. The molecule has 0 N–H and O–H groups in total. The number of hydrogen-bond donors (Lipinski definition) is 0. The molecular weight excluding hydrogens is 360 g/mol. The predicted molar refractivity (Wildman–Crippen MR) is 114 cm³/mol. The molecule has 5 rings (SSSR count). The number of carbonyl (C=O) groups excluding carboxylic acids is 1. The average Bonchev–Trinajstić information content (AvgIpc) is 3.13. The van der Waals surface area contributed by atoms with Crippen molar-refractivity contribution in [2.75, 3.05) is 33.3 Å². The Morgan fingerprint density at radius 1 is 0.828 bits per heavy atom. The predicted octanol–water partition coefficient (Wildman–Crippen LogP) is 4.22. The van der Waals surface area contributed by atoms with Gasteiger partial charge in [-0.25, -0.2) is 0 Å². The fraction of sp³-hybridized carbons (Fsp3) is 0.240. The molecule has 1 fully saturated rings. The van der Waals surface area contributed by atoms with Gasteiger partial charge in [-0.3, -0.25) is 9.69 Å². The molecule has 1 amide bonds. The smallest absolute Gasteiger partial charge is 0.253 e. The summed E-state index contributed by atoms with van der Waals surface area (Å²) in [5.41, 5.74) is 5.99. The number of methoxy groups -OCH3 is 1. The zero-order chi connectivity index (χ0) is 19.8. The summed E-state index contributed by atoms with van der Waals surface area (Å²) >= 11 is 0. The van der Waals surface area contributed by atoms with Gasteiger partial charge in [0.1, 0.15) is 5.75 Å². The van der Waals surface area contributed by atoms with E-state index in [2.05, 4.69) is 41.3 Å². The summed E-state index contributed by atoms with van der Waals surface area (Å²) in [5.74, 6) is 1.01. The highest BCUT2D eigenvalue weighted by Gasteiger charge is 2.35. The van der Waals surface area contributed by atoms with Crippen LogP contribution in [0, 0.1) is 0 Å². The molecule has 0 radical (unpaired) electrons. The number of amides is 1. The molecule has 29 heavy (non-hydrogen) atoms. The third kappa shape index (κ3) is 3.10. The van der Waals surface area contributed by atoms with Crippen molar-refractivity contribution in [2.45, 2.75) is 6.04 Å². The van der Waals surface area contributed by atoms with E-state index in [1.807, 2.05) is 41.3 Å². The first kappa shape index (κ1) is 18.0. The fourth-order valence-electron chi connectivity index (χ4n) is 4.62. The molecule has 0 spiro atoms. The number of piperazine rings is 1. The first-order chi connectivity index (χ1) is 14.3. The van der Waals surface area contributed by atoms with Gasteiger partial charge in [-0.15, -0.1) is 0 Å². The number of hydrogen-bond acceptors (Lipinski definition) is 3. The molecule has 0 saturated carbocycles. The maximum absolute atomic E-state index is 12.8. The SMILES string of the molecule is COc1ccc2c(c1)-c1ccccc1C2N1CCN(C(=O)c2ccccc2)CC1. The van der Waals surface area contributed by atoms with E-state index in [4.69, 9.17) is 4.74 Å². The summed E-state index contributed by atoms with van der Waals surface area (Å²) in [6.07, 6.45) is 0. The summed E-state index contributed by atoms with van der Waals surface area (Å²) in [5, 5.41) is 0. The quantitative estimate of drug-likeness (QED) is 0.678. The van der Waals surface area contributed by atoms with Crippen molar-refractivity contribution in [1.29, 1.82) is 0 Å². The van der Waals surface area contributed by atoms with Gasteiger partial charge < -0.3 is 9.64 Å². The van der Waals surface area contributed by atoms with Crippen LogP contribution in [0.5, 0.6) is 5.75 Å². The molecule has 146 valence electrons. The van der Waals surface area contributed by atoms with Crippen LogP contribution in [0.2, 0.25) is 0 Å². The number of rotatable bonds is 3. The van der Waals surface area contributed by atoms with E-state index < -0.39 is 0 Å². The van der Waals surface area contributed by atoms with Crippen molar-refractivity contribution in [2.24, 2.45) is 0 Å². The highest BCUT2D eigenvalue weighted by molar-refractivity contribution is 5.94. The van der Waals surface area contributed by atoms with Gasteiger partial charge in [0.25, 0.3) is 5.91 Å². The Balaban J connectivity index is 1.39. The monoisotopic (exact) mass is 384 g/mol. The Kier molecular flexibility index (Phi) is 4.57. The minimum atomic E-state index is 0.127. The maximum atomic E-state index is 12.8. The average molecular weight is 384 g/mol. The molecule has 4 heteroatoms.